The van der Waals surface area contributed by atoms with Crippen LogP contribution < -0.4 is 0 Å². The molecule has 16 heavy (non-hydrogen) atoms. The lowest BCUT2D eigenvalue weighted by atomic mass is 9.74. The molecule has 3 heteroatoms. The Morgan fingerprint density at radius 1 is 1.38 bits per heavy atom. The van der Waals surface area contributed by atoms with Crippen LogP contribution in [0, 0.1) is 5.82 Å². The van der Waals surface area contributed by atoms with E-state index in [0.717, 1.165) is 24.8 Å². The van der Waals surface area contributed by atoms with Gasteiger partial charge in [-0.2, -0.15) is 0 Å². The van der Waals surface area contributed by atoms with Gasteiger partial charge in [-0.3, -0.25) is 0 Å². The second-order valence-electron chi connectivity index (χ2n) is 4.47. The van der Waals surface area contributed by atoms with Gasteiger partial charge in [0.2, 0.25) is 0 Å². The Kier molecular flexibility index (Phi) is 3.26. The average molecular weight is 224 g/mol. The van der Waals surface area contributed by atoms with Gasteiger partial charge in [0.05, 0.1) is 11.7 Å². The minimum atomic E-state index is -0.503. The van der Waals surface area contributed by atoms with E-state index in [1.807, 2.05) is 0 Å². The maximum Gasteiger partial charge on any atom is 0.123 e. The second-order valence-corrected chi connectivity index (χ2v) is 4.47. The zero-order chi connectivity index (χ0) is 11.6. The molecule has 88 valence electrons. The molecule has 1 unspecified atom stereocenters. The van der Waals surface area contributed by atoms with E-state index in [1.54, 1.807) is 19.2 Å². The monoisotopic (exact) mass is 224 g/mol. The molecule has 0 aliphatic heterocycles. The molecule has 0 spiro atoms. The maximum atomic E-state index is 12.7. The summed E-state index contributed by atoms with van der Waals surface area (Å²) >= 11 is 0. The van der Waals surface area contributed by atoms with Gasteiger partial charge in [-0.1, -0.05) is 12.1 Å². The Morgan fingerprint density at radius 3 is 2.44 bits per heavy atom. The number of benzene rings is 1. The van der Waals surface area contributed by atoms with Gasteiger partial charge in [0.25, 0.3) is 0 Å². The molecule has 0 saturated heterocycles. The number of halogens is 1. The maximum absolute atomic E-state index is 12.7. The normalized spacial score (nSPS) is 20.2. The lowest BCUT2D eigenvalue weighted by Gasteiger charge is -2.44. The van der Waals surface area contributed by atoms with Crippen LogP contribution in [0.1, 0.15) is 24.8 Å². The van der Waals surface area contributed by atoms with Crippen molar-refractivity contribution in [2.75, 3.05) is 7.11 Å². The lowest BCUT2D eigenvalue weighted by Crippen LogP contribution is -2.50. The van der Waals surface area contributed by atoms with E-state index in [-0.39, 0.29) is 11.4 Å². The molecule has 0 heterocycles. The molecule has 0 radical (unpaired) electrons. The molecule has 0 bridgehead atoms. The highest BCUT2D eigenvalue weighted by Crippen LogP contribution is 2.39. The molecule has 1 aromatic rings. The van der Waals surface area contributed by atoms with Gasteiger partial charge in [-0.25, -0.2) is 4.39 Å². The van der Waals surface area contributed by atoms with Crippen molar-refractivity contribution in [3.05, 3.63) is 35.6 Å². The second kappa shape index (κ2) is 4.52. The van der Waals surface area contributed by atoms with Gasteiger partial charge < -0.3 is 9.84 Å². The number of hydrogen-bond donors (Lipinski definition) is 1. The van der Waals surface area contributed by atoms with Crippen molar-refractivity contribution < 1.29 is 14.2 Å². The first kappa shape index (κ1) is 11.6. The quantitative estimate of drug-likeness (QED) is 0.850. The Bertz CT molecular complexity index is 338. The summed E-state index contributed by atoms with van der Waals surface area (Å²) in [6.07, 6.45) is 2.94. The van der Waals surface area contributed by atoms with Crippen molar-refractivity contribution >= 4 is 0 Å². The molecular weight excluding hydrogens is 207 g/mol. The minimum Gasteiger partial charge on any atom is -0.390 e. The number of rotatable bonds is 4. The molecule has 2 nitrogen and oxygen atoms in total. The van der Waals surface area contributed by atoms with Crippen molar-refractivity contribution in [1.29, 1.82) is 0 Å². The molecule has 1 atom stereocenters. The van der Waals surface area contributed by atoms with Crippen molar-refractivity contribution in [2.24, 2.45) is 0 Å². The van der Waals surface area contributed by atoms with E-state index in [4.69, 9.17) is 4.74 Å². The molecule has 1 aromatic carbocycles. The van der Waals surface area contributed by atoms with Crippen LogP contribution in [-0.2, 0) is 11.2 Å². The largest absolute Gasteiger partial charge is 0.390 e. The third-order valence-electron chi connectivity index (χ3n) is 3.56. The van der Waals surface area contributed by atoms with E-state index in [2.05, 4.69) is 0 Å². The number of aliphatic hydroxyl groups excluding tert-OH is 1. The van der Waals surface area contributed by atoms with Crippen LogP contribution in [-0.4, -0.2) is 23.9 Å². The summed E-state index contributed by atoms with van der Waals surface area (Å²) in [5, 5.41) is 10.1. The van der Waals surface area contributed by atoms with Crippen molar-refractivity contribution in [3.8, 4) is 0 Å². The van der Waals surface area contributed by atoms with Crippen LogP contribution in [0.3, 0.4) is 0 Å². The van der Waals surface area contributed by atoms with Gasteiger partial charge in [0.15, 0.2) is 0 Å². The Hall–Kier alpha value is -0.930. The fourth-order valence-electron chi connectivity index (χ4n) is 2.23. The summed E-state index contributed by atoms with van der Waals surface area (Å²) in [5.41, 5.74) is 0.575. The van der Waals surface area contributed by atoms with Crippen LogP contribution in [0.15, 0.2) is 24.3 Å². The highest BCUT2D eigenvalue weighted by molar-refractivity contribution is 5.18. The number of aliphatic hydroxyl groups is 1. The van der Waals surface area contributed by atoms with Gasteiger partial charge in [-0.15, -0.1) is 0 Å². The molecule has 1 aliphatic rings. The molecule has 1 N–H and O–H groups in total. The SMILES string of the molecule is COC1(C(O)Cc2ccc(F)cc2)CCC1. The van der Waals surface area contributed by atoms with Gasteiger partial charge in [0.1, 0.15) is 5.82 Å². The average Bonchev–Trinajstić information content (AvgIpc) is 2.21. The van der Waals surface area contributed by atoms with Crippen LogP contribution in [0.5, 0.6) is 0 Å². The molecule has 1 aliphatic carbocycles. The first-order valence-electron chi connectivity index (χ1n) is 5.64. The van der Waals surface area contributed by atoms with E-state index in [1.165, 1.54) is 12.1 Å². The summed E-state index contributed by atoms with van der Waals surface area (Å²) in [5.74, 6) is -0.247. The smallest absolute Gasteiger partial charge is 0.123 e. The molecule has 1 saturated carbocycles. The third kappa shape index (κ3) is 2.11. The zero-order valence-corrected chi connectivity index (χ0v) is 9.45. The topological polar surface area (TPSA) is 29.5 Å². The number of ether oxygens (including phenoxy) is 1. The standard InChI is InChI=1S/C13H17FO2/c1-16-13(7-2-8-13)12(15)9-10-3-5-11(14)6-4-10/h3-6,12,15H,2,7-9H2,1H3. The summed E-state index contributed by atoms with van der Waals surface area (Å²) in [7, 11) is 1.65. The molecular formula is C13H17FO2. The highest BCUT2D eigenvalue weighted by Gasteiger charge is 2.43. The van der Waals surface area contributed by atoms with Crippen LogP contribution in [0.25, 0.3) is 0 Å². The summed E-state index contributed by atoms with van der Waals surface area (Å²) in [4.78, 5) is 0. The number of hydrogen-bond acceptors (Lipinski definition) is 2. The van der Waals surface area contributed by atoms with Crippen LogP contribution in [0.2, 0.25) is 0 Å². The van der Waals surface area contributed by atoms with Gasteiger partial charge in [0, 0.05) is 13.5 Å². The van der Waals surface area contributed by atoms with E-state index in [9.17, 15) is 9.50 Å². The zero-order valence-electron chi connectivity index (χ0n) is 9.45. The minimum absolute atomic E-state index is 0.247. The van der Waals surface area contributed by atoms with E-state index >= 15 is 0 Å². The Labute approximate surface area is 95.1 Å². The predicted molar refractivity (Wildman–Crippen MR) is 59.7 cm³/mol. The Balaban J connectivity index is 2.01. The van der Waals surface area contributed by atoms with E-state index < -0.39 is 6.10 Å². The van der Waals surface area contributed by atoms with Gasteiger partial charge in [-0.05, 0) is 37.0 Å². The first-order valence-corrected chi connectivity index (χ1v) is 5.64. The first-order chi connectivity index (χ1) is 7.66. The predicted octanol–water partition coefficient (Wildman–Crippen LogP) is 2.30. The summed E-state index contributed by atoms with van der Waals surface area (Å²) in [6, 6.07) is 6.26. The van der Waals surface area contributed by atoms with Crippen molar-refractivity contribution in [3.63, 3.8) is 0 Å². The van der Waals surface area contributed by atoms with Crippen LogP contribution >= 0.6 is 0 Å². The fraction of sp³-hybridized carbons (Fsp3) is 0.538. The van der Waals surface area contributed by atoms with Crippen molar-refractivity contribution in [1.82, 2.24) is 0 Å². The molecule has 0 aromatic heterocycles. The third-order valence-corrected chi connectivity index (χ3v) is 3.56. The summed E-state index contributed by atoms with van der Waals surface area (Å²) < 4.78 is 18.1. The molecule has 0 amide bonds. The molecule has 1 fully saturated rings. The lowest BCUT2D eigenvalue weighted by molar-refractivity contribution is -0.148. The number of methoxy groups -OCH3 is 1. The summed E-state index contributed by atoms with van der Waals surface area (Å²) in [6.45, 7) is 0. The van der Waals surface area contributed by atoms with Gasteiger partial charge >= 0.3 is 0 Å². The van der Waals surface area contributed by atoms with Crippen molar-refractivity contribution in [2.45, 2.75) is 37.4 Å². The fourth-order valence-corrected chi connectivity index (χ4v) is 2.23. The van der Waals surface area contributed by atoms with E-state index in [0.29, 0.717) is 6.42 Å². The molecule has 2 rings (SSSR count). The highest BCUT2D eigenvalue weighted by atomic mass is 19.1. The van der Waals surface area contributed by atoms with Crippen LogP contribution in [0.4, 0.5) is 4.39 Å². The Morgan fingerprint density at radius 2 is 2.00 bits per heavy atom.